The molecule has 77 heavy (non-hydrogen) atoms. The minimum absolute atomic E-state index is 0.123. The van der Waals surface area contributed by atoms with Gasteiger partial charge >= 0.3 is 17.9 Å². The lowest BCUT2D eigenvalue weighted by molar-refractivity contribution is -0.243. The van der Waals surface area contributed by atoms with Gasteiger partial charge in [-0.1, -0.05) is 310 Å². The lowest BCUT2D eigenvalue weighted by atomic mass is 10.0. The van der Waals surface area contributed by atoms with Gasteiger partial charge in [-0.25, -0.2) is 4.79 Å². The summed E-state index contributed by atoms with van der Waals surface area (Å²) < 4.78 is 19.4. The van der Waals surface area contributed by atoms with Gasteiger partial charge in [0, 0.05) is 0 Å². The summed E-state index contributed by atoms with van der Waals surface area (Å²) in [5.74, 6) is -3.02. The van der Waals surface area contributed by atoms with E-state index in [-0.39, 0.29) is 18.6 Å². The summed E-state index contributed by atoms with van der Waals surface area (Å²) in [6.07, 6.45) is 61.4. The van der Waals surface area contributed by atoms with Crippen LogP contribution in [0.15, 0.2) is 12.1 Å². The average molecular weight is 1090 g/mol. The third-order valence-electron chi connectivity index (χ3n) is 15.5. The summed E-state index contributed by atoms with van der Waals surface area (Å²) in [6.45, 7) is 8.03. The molecule has 0 amide bonds. The predicted octanol–water partition coefficient (Wildman–Crippen LogP) is 21.3. The summed E-state index contributed by atoms with van der Waals surface area (Å²) >= 11 is 0. The largest absolute Gasteiger partial charge is 0.490 e. The van der Waals surface area contributed by atoms with E-state index >= 15 is 0 Å². The summed E-state index contributed by atoms with van der Waals surface area (Å²) in [6, 6.07) is 3.26. The summed E-state index contributed by atoms with van der Waals surface area (Å²) in [5.41, 5.74) is 0.170. The van der Waals surface area contributed by atoms with Crippen LogP contribution in [0.2, 0.25) is 0 Å². The van der Waals surface area contributed by atoms with E-state index in [4.69, 9.17) is 29.1 Å². The number of unbranched alkanes of at least 4 members (excludes halogenated alkanes) is 45. The molecule has 1 aromatic rings. The molecule has 450 valence electrons. The normalized spacial score (nSPS) is 11.8. The summed E-state index contributed by atoms with van der Waals surface area (Å²) in [5, 5.41) is 18.6. The number of hydrogen-bond donors (Lipinski definition) is 2. The summed E-state index contributed by atoms with van der Waals surface area (Å²) in [7, 11) is 0. The standard InChI is InChI=1S/C67H122O10/c1-4-7-10-13-16-19-22-25-28-31-34-37-40-43-46-49-53-73-62-57-61(67(72)77-76-56-52-60(66(70)71)59-64(68)69)58-63(74-54-50-47-44-41-38-35-32-29-26-23-20-17-14-11-8-5-2)65(62)75-55-51-48-45-42-39-36-33-30-27-24-21-18-15-12-9-6-3/h57-58,60H,4-56,59H2,1-3H3,(H,68,69)(H,70,71). The van der Waals surface area contributed by atoms with Crippen LogP contribution in [0.25, 0.3) is 0 Å². The van der Waals surface area contributed by atoms with Gasteiger partial charge in [-0.2, -0.15) is 4.89 Å². The molecule has 10 heteroatoms. The molecule has 0 spiro atoms. The molecule has 0 saturated carbocycles. The van der Waals surface area contributed by atoms with E-state index in [1.165, 1.54) is 257 Å². The molecule has 0 aliphatic rings. The van der Waals surface area contributed by atoms with Crippen LogP contribution in [0.4, 0.5) is 0 Å². The van der Waals surface area contributed by atoms with Gasteiger partial charge in [-0.05, 0) is 37.8 Å². The Labute approximate surface area is 473 Å². The summed E-state index contributed by atoms with van der Waals surface area (Å²) in [4.78, 5) is 46.6. The van der Waals surface area contributed by atoms with Crippen molar-refractivity contribution in [1.29, 1.82) is 0 Å². The minimum atomic E-state index is -1.24. The van der Waals surface area contributed by atoms with Crippen molar-refractivity contribution in [3.05, 3.63) is 17.7 Å². The number of benzene rings is 1. The van der Waals surface area contributed by atoms with Gasteiger partial charge in [0.25, 0.3) is 0 Å². The molecular formula is C67H122O10. The van der Waals surface area contributed by atoms with Crippen LogP contribution in [0.1, 0.15) is 352 Å². The van der Waals surface area contributed by atoms with Crippen LogP contribution in [0, 0.1) is 5.92 Å². The first kappa shape index (κ1) is 72.0. The average Bonchev–Trinajstić information content (AvgIpc) is 3.42. The van der Waals surface area contributed by atoms with Gasteiger partial charge in [-0.15, -0.1) is 0 Å². The highest BCUT2D eigenvalue weighted by atomic mass is 17.2. The second-order valence-electron chi connectivity index (χ2n) is 22.9. The second-order valence-corrected chi connectivity index (χ2v) is 22.9. The number of rotatable bonds is 62. The Morgan fingerprint density at radius 1 is 0.364 bits per heavy atom. The predicted molar refractivity (Wildman–Crippen MR) is 321 cm³/mol. The van der Waals surface area contributed by atoms with E-state index in [0.717, 1.165) is 51.4 Å². The molecule has 0 heterocycles. The number of carbonyl (C=O) groups is 3. The fourth-order valence-electron chi connectivity index (χ4n) is 10.4. The van der Waals surface area contributed by atoms with E-state index in [0.29, 0.717) is 37.1 Å². The Bertz CT molecular complexity index is 1410. The van der Waals surface area contributed by atoms with E-state index < -0.39 is 30.2 Å². The van der Waals surface area contributed by atoms with Crippen LogP contribution >= 0.6 is 0 Å². The molecule has 1 aromatic carbocycles. The van der Waals surface area contributed by atoms with Gasteiger partial charge in [0.2, 0.25) is 5.75 Å². The molecule has 0 saturated heterocycles. The third-order valence-corrected chi connectivity index (χ3v) is 15.5. The number of carboxylic acids is 2. The van der Waals surface area contributed by atoms with Crippen molar-refractivity contribution in [2.24, 2.45) is 5.92 Å². The molecular weight excluding hydrogens is 965 g/mol. The Morgan fingerprint density at radius 2 is 0.623 bits per heavy atom. The van der Waals surface area contributed by atoms with Crippen LogP contribution < -0.4 is 14.2 Å². The number of aliphatic carboxylic acids is 2. The van der Waals surface area contributed by atoms with Crippen LogP contribution in [0.3, 0.4) is 0 Å². The zero-order valence-corrected chi connectivity index (χ0v) is 50.6. The Hall–Kier alpha value is -3.01. The number of carboxylic acid groups (broad SMARTS) is 2. The lowest BCUT2D eigenvalue weighted by Gasteiger charge is -2.19. The van der Waals surface area contributed by atoms with Gasteiger partial charge in [0.05, 0.1) is 44.3 Å². The molecule has 0 radical (unpaired) electrons. The maximum Gasteiger partial charge on any atom is 0.373 e. The smallest absolute Gasteiger partial charge is 0.373 e. The Kier molecular flexibility index (Phi) is 52.6. The Morgan fingerprint density at radius 3 is 0.883 bits per heavy atom. The lowest BCUT2D eigenvalue weighted by Crippen LogP contribution is -2.20. The van der Waals surface area contributed by atoms with Crippen molar-refractivity contribution in [1.82, 2.24) is 0 Å². The molecule has 0 bridgehead atoms. The molecule has 10 nitrogen and oxygen atoms in total. The van der Waals surface area contributed by atoms with Crippen molar-refractivity contribution in [2.45, 2.75) is 342 Å². The number of hydrogen-bond acceptors (Lipinski definition) is 8. The zero-order chi connectivity index (χ0) is 55.8. The van der Waals surface area contributed by atoms with Crippen LogP contribution in [-0.4, -0.2) is 54.5 Å². The van der Waals surface area contributed by atoms with Gasteiger partial charge in [0.1, 0.15) is 0 Å². The monoisotopic (exact) mass is 1090 g/mol. The first-order valence-corrected chi connectivity index (χ1v) is 33.2. The van der Waals surface area contributed by atoms with E-state index in [1.807, 2.05) is 0 Å². The highest BCUT2D eigenvalue weighted by Gasteiger charge is 2.23. The maximum absolute atomic E-state index is 13.5. The van der Waals surface area contributed by atoms with Crippen LogP contribution in [0.5, 0.6) is 17.2 Å². The maximum atomic E-state index is 13.5. The first-order valence-electron chi connectivity index (χ1n) is 33.2. The zero-order valence-electron chi connectivity index (χ0n) is 50.6. The molecule has 0 aliphatic heterocycles. The van der Waals surface area contributed by atoms with Gasteiger partial charge in [-0.3, -0.25) is 14.5 Å². The SMILES string of the molecule is CCCCCCCCCCCCCCCCCCOc1cc(C(=O)OOCCC(CC(=O)O)C(=O)O)cc(OCCCCCCCCCCCCCCCCCC)c1OCCCCCCCCCCCCCCCCCC. The Balaban J connectivity index is 2.84. The van der Waals surface area contributed by atoms with Crippen molar-refractivity contribution < 1.29 is 48.6 Å². The minimum Gasteiger partial charge on any atom is -0.490 e. The van der Waals surface area contributed by atoms with Gasteiger partial charge in [0.15, 0.2) is 11.5 Å². The topological polar surface area (TPSA) is 138 Å². The van der Waals surface area contributed by atoms with Crippen molar-refractivity contribution in [3.63, 3.8) is 0 Å². The fourth-order valence-corrected chi connectivity index (χ4v) is 10.4. The molecule has 0 fully saturated rings. The van der Waals surface area contributed by atoms with E-state index in [2.05, 4.69) is 20.8 Å². The fraction of sp³-hybridized carbons (Fsp3) is 0.866. The van der Waals surface area contributed by atoms with Crippen molar-refractivity contribution >= 4 is 17.9 Å². The van der Waals surface area contributed by atoms with Gasteiger partial charge < -0.3 is 24.4 Å². The molecule has 0 aromatic heterocycles. The van der Waals surface area contributed by atoms with Crippen molar-refractivity contribution in [2.75, 3.05) is 26.4 Å². The molecule has 2 N–H and O–H groups in total. The first-order chi connectivity index (χ1) is 37.8. The molecule has 0 aliphatic carbocycles. The second kappa shape index (κ2) is 56.3. The molecule has 1 unspecified atom stereocenters. The quantitative estimate of drug-likeness (QED) is 0.0368. The number of carbonyl (C=O) groups excluding carboxylic acids is 1. The number of ether oxygens (including phenoxy) is 3. The van der Waals surface area contributed by atoms with Crippen molar-refractivity contribution in [3.8, 4) is 17.2 Å². The van der Waals surface area contributed by atoms with E-state index in [9.17, 15) is 19.5 Å². The van der Waals surface area contributed by atoms with Crippen LogP contribution in [-0.2, 0) is 19.4 Å². The molecule has 1 rings (SSSR count). The molecule has 1 atom stereocenters. The highest BCUT2D eigenvalue weighted by Crippen LogP contribution is 2.40. The third kappa shape index (κ3) is 46.4. The highest BCUT2D eigenvalue weighted by molar-refractivity contribution is 5.90. The van der Waals surface area contributed by atoms with E-state index in [1.54, 1.807) is 12.1 Å².